The van der Waals surface area contributed by atoms with Crippen LogP contribution in [0.4, 0.5) is 0 Å². The number of hydrogen-bond donors (Lipinski definition) is 0. The van der Waals surface area contributed by atoms with Crippen LogP contribution in [0, 0.1) is 5.41 Å². The van der Waals surface area contributed by atoms with Crippen molar-refractivity contribution in [2.24, 2.45) is 5.41 Å². The Balaban J connectivity index is 2.53. The number of carbonyl (C=O) groups is 1. The molecule has 0 fully saturated rings. The number of allylic oxidation sites excluding steroid dienone is 4. The van der Waals surface area contributed by atoms with Gasteiger partial charge in [0, 0.05) is 5.56 Å². The Hall–Kier alpha value is -1.48. The molecule has 0 radical (unpaired) electrons. The van der Waals surface area contributed by atoms with Gasteiger partial charge in [-0.15, -0.1) is 0 Å². The van der Waals surface area contributed by atoms with Crippen LogP contribution < -0.4 is 5.30 Å². The highest BCUT2D eigenvalue weighted by molar-refractivity contribution is 7.62. The van der Waals surface area contributed by atoms with Gasteiger partial charge in [0.15, 0.2) is 5.78 Å². The highest BCUT2D eigenvalue weighted by Crippen LogP contribution is 2.49. The van der Waals surface area contributed by atoms with Gasteiger partial charge in [0.05, 0.1) is 23.9 Å². The summed E-state index contributed by atoms with van der Waals surface area (Å²) in [6.45, 7) is 9.96. The number of carbonyl (C=O) groups excluding carboxylic acids is 1. The molecule has 1 aromatic carbocycles. The first-order valence-electron chi connectivity index (χ1n) is 8.67. The molecule has 1 aliphatic carbocycles. The average Bonchev–Trinajstić information content (AvgIpc) is 2.58. The van der Waals surface area contributed by atoms with Crippen LogP contribution in [0.25, 0.3) is 0 Å². The molecule has 0 aromatic heterocycles. The van der Waals surface area contributed by atoms with E-state index in [0.29, 0.717) is 17.3 Å². The van der Waals surface area contributed by atoms with Gasteiger partial charge in [-0.1, -0.05) is 41.5 Å². The third-order valence-electron chi connectivity index (χ3n) is 4.69. The van der Waals surface area contributed by atoms with Gasteiger partial charge in [-0.2, -0.15) is 0 Å². The average molecular weight is 362 g/mol. The second-order valence-electron chi connectivity index (χ2n) is 6.49. The molecule has 4 nitrogen and oxygen atoms in total. The maximum Gasteiger partial charge on any atom is 0.362 e. The van der Waals surface area contributed by atoms with Gasteiger partial charge >= 0.3 is 7.60 Å². The molecule has 25 heavy (non-hydrogen) atoms. The summed E-state index contributed by atoms with van der Waals surface area (Å²) >= 11 is 0. The summed E-state index contributed by atoms with van der Waals surface area (Å²) in [5, 5.41) is 0.351. The maximum absolute atomic E-state index is 13.4. The molecular weight excluding hydrogens is 335 g/mol. The van der Waals surface area contributed by atoms with Crippen molar-refractivity contribution in [2.45, 2.75) is 41.0 Å². The quantitative estimate of drug-likeness (QED) is 0.502. The number of hydrogen-bond acceptors (Lipinski definition) is 4. The smallest absolute Gasteiger partial charge is 0.305 e. The van der Waals surface area contributed by atoms with Crippen LogP contribution in [-0.4, -0.2) is 19.0 Å². The number of benzene rings is 1. The number of Topliss-reactive ketones (excluding diaryl/α,β-unsaturated/α-hetero) is 1. The normalized spacial score (nSPS) is 20.8. The Morgan fingerprint density at radius 3 is 2.32 bits per heavy atom. The van der Waals surface area contributed by atoms with Crippen molar-refractivity contribution in [1.82, 2.24) is 0 Å². The molecule has 0 N–H and O–H groups in total. The van der Waals surface area contributed by atoms with E-state index in [0.717, 1.165) is 11.1 Å². The van der Waals surface area contributed by atoms with Crippen molar-refractivity contribution in [3.63, 3.8) is 0 Å². The second-order valence-corrected chi connectivity index (χ2v) is 8.48. The SMILES string of the molecule is CCOP(=O)(OCC)c1ccccc1C(=O)C1(C)CC=C(C)C=C1C. The van der Waals surface area contributed by atoms with E-state index >= 15 is 0 Å². The monoisotopic (exact) mass is 362 g/mol. The van der Waals surface area contributed by atoms with Crippen LogP contribution in [0.15, 0.2) is 47.6 Å². The summed E-state index contributed by atoms with van der Waals surface area (Å²) in [6.07, 6.45) is 4.73. The summed E-state index contributed by atoms with van der Waals surface area (Å²) in [4.78, 5) is 13.4. The fraction of sp³-hybridized carbons (Fsp3) is 0.450. The van der Waals surface area contributed by atoms with Crippen molar-refractivity contribution in [2.75, 3.05) is 13.2 Å². The summed E-state index contributed by atoms with van der Waals surface area (Å²) in [6, 6.07) is 6.93. The zero-order valence-corrected chi connectivity index (χ0v) is 16.6. The van der Waals surface area contributed by atoms with E-state index < -0.39 is 13.0 Å². The van der Waals surface area contributed by atoms with Crippen LogP contribution in [0.2, 0.25) is 0 Å². The fourth-order valence-corrected chi connectivity index (χ4v) is 4.85. The van der Waals surface area contributed by atoms with E-state index in [4.69, 9.17) is 9.05 Å². The van der Waals surface area contributed by atoms with E-state index in [-0.39, 0.29) is 19.0 Å². The van der Waals surface area contributed by atoms with E-state index in [9.17, 15) is 9.36 Å². The number of ketones is 1. The second kappa shape index (κ2) is 7.82. The molecule has 1 aromatic rings. The molecule has 1 unspecified atom stereocenters. The first kappa shape index (κ1) is 19.8. The molecule has 0 saturated carbocycles. The Bertz CT molecular complexity index is 753. The molecule has 0 aliphatic heterocycles. The van der Waals surface area contributed by atoms with Crippen molar-refractivity contribution >= 4 is 18.7 Å². The van der Waals surface area contributed by atoms with Crippen LogP contribution in [-0.2, 0) is 13.6 Å². The maximum atomic E-state index is 13.4. The summed E-state index contributed by atoms with van der Waals surface area (Å²) < 4.78 is 24.2. The Morgan fingerprint density at radius 2 is 1.76 bits per heavy atom. The first-order valence-corrected chi connectivity index (χ1v) is 10.2. The highest BCUT2D eigenvalue weighted by Gasteiger charge is 2.40. The summed E-state index contributed by atoms with van der Waals surface area (Å²) in [5.74, 6) is -0.0553. The van der Waals surface area contributed by atoms with Crippen LogP contribution in [0.3, 0.4) is 0 Å². The molecule has 0 bridgehead atoms. The molecule has 0 spiro atoms. The minimum absolute atomic E-state index is 0.0553. The Labute approximate surface area is 150 Å². The lowest BCUT2D eigenvalue weighted by molar-refractivity contribution is 0.0859. The topological polar surface area (TPSA) is 52.6 Å². The van der Waals surface area contributed by atoms with Gasteiger partial charge in [0.25, 0.3) is 0 Å². The van der Waals surface area contributed by atoms with Crippen LogP contribution in [0.5, 0.6) is 0 Å². The van der Waals surface area contributed by atoms with E-state index in [1.165, 1.54) is 0 Å². The predicted octanol–water partition coefficient (Wildman–Crippen LogP) is 5.06. The lowest BCUT2D eigenvalue weighted by Gasteiger charge is -2.32. The fourth-order valence-electron chi connectivity index (χ4n) is 3.08. The molecule has 2 rings (SSSR count). The third kappa shape index (κ3) is 3.87. The lowest BCUT2D eigenvalue weighted by Crippen LogP contribution is -2.34. The van der Waals surface area contributed by atoms with Gasteiger partial charge in [-0.25, -0.2) is 0 Å². The van der Waals surface area contributed by atoms with E-state index in [2.05, 4.69) is 6.08 Å². The molecule has 0 saturated heterocycles. The summed E-state index contributed by atoms with van der Waals surface area (Å²) in [7, 11) is -3.53. The molecule has 1 aliphatic rings. The standard InChI is InChI=1S/C20H27O4P/c1-6-23-25(22,24-7-2)18-11-9-8-10-17(18)19(21)20(5)13-12-15(3)14-16(20)4/h8-12,14H,6-7,13H2,1-5H3. The number of rotatable bonds is 7. The van der Waals surface area contributed by atoms with Gasteiger partial charge in [0.2, 0.25) is 0 Å². The van der Waals surface area contributed by atoms with Crippen molar-refractivity contribution in [3.05, 3.63) is 53.1 Å². The zero-order chi connectivity index (χ0) is 18.7. The van der Waals surface area contributed by atoms with Crippen molar-refractivity contribution < 1.29 is 18.4 Å². The lowest BCUT2D eigenvalue weighted by atomic mass is 9.71. The van der Waals surface area contributed by atoms with Crippen molar-refractivity contribution in [3.8, 4) is 0 Å². The highest BCUT2D eigenvalue weighted by atomic mass is 31.2. The molecule has 1 atom stereocenters. The van der Waals surface area contributed by atoms with Gasteiger partial charge in [-0.3, -0.25) is 9.36 Å². The van der Waals surface area contributed by atoms with Gasteiger partial charge in [-0.05, 0) is 47.1 Å². The zero-order valence-electron chi connectivity index (χ0n) is 15.7. The predicted molar refractivity (Wildman–Crippen MR) is 102 cm³/mol. The van der Waals surface area contributed by atoms with Crippen LogP contribution >= 0.6 is 7.60 Å². The summed E-state index contributed by atoms with van der Waals surface area (Å²) in [5.41, 5.74) is 1.93. The van der Waals surface area contributed by atoms with Gasteiger partial charge in [0.1, 0.15) is 0 Å². The minimum Gasteiger partial charge on any atom is -0.305 e. The first-order chi connectivity index (χ1) is 11.8. The minimum atomic E-state index is -3.53. The molecule has 5 heteroatoms. The molecule has 0 amide bonds. The van der Waals surface area contributed by atoms with Crippen LogP contribution in [0.1, 0.15) is 51.4 Å². The van der Waals surface area contributed by atoms with E-state index in [1.807, 2.05) is 26.8 Å². The Morgan fingerprint density at radius 1 is 1.16 bits per heavy atom. The Kier molecular flexibility index (Phi) is 6.21. The molecular formula is C20H27O4P. The molecule has 0 heterocycles. The van der Waals surface area contributed by atoms with Gasteiger partial charge < -0.3 is 9.05 Å². The van der Waals surface area contributed by atoms with Crippen molar-refractivity contribution in [1.29, 1.82) is 0 Å². The van der Waals surface area contributed by atoms with E-state index in [1.54, 1.807) is 38.1 Å². The largest absolute Gasteiger partial charge is 0.362 e. The third-order valence-corrected chi connectivity index (χ3v) is 6.87. The molecule has 136 valence electrons.